The molecule has 7 heteroatoms. The van der Waals surface area contributed by atoms with E-state index in [2.05, 4.69) is 15.0 Å². The number of rotatable bonds is 3. The topological polar surface area (TPSA) is 68.3 Å². The van der Waals surface area contributed by atoms with E-state index in [1.54, 1.807) is 0 Å². The summed E-state index contributed by atoms with van der Waals surface area (Å²) in [4.78, 5) is 27.5. The molecular formula is C14H10ClFN2O3. The first-order valence-electron chi connectivity index (χ1n) is 5.82. The Bertz CT molecular complexity index is 706. The number of amides is 1. The number of halogens is 2. The van der Waals surface area contributed by atoms with Crippen LogP contribution in [0.3, 0.4) is 0 Å². The van der Waals surface area contributed by atoms with Crippen LogP contribution >= 0.6 is 11.6 Å². The Kier molecular flexibility index (Phi) is 4.49. The largest absolute Gasteiger partial charge is 0.465 e. The van der Waals surface area contributed by atoms with Gasteiger partial charge in [-0.2, -0.15) is 0 Å². The highest BCUT2D eigenvalue weighted by Gasteiger charge is 2.16. The van der Waals surface area contributed by atoms with Gasteiger partial charge in [-0.1, -0.05) is 11.6 Å². The number of ether oxygens (including phenoxy) is 1. The van der Waals surface area contributed by atoms with E-state index in [4.69, 9.17) is 11.6 Å². The second-order valence-electron chi connectivity index (χ2n) is 3.99. The maximum atomic E-state index is 13.3. The molecule has 0 radical (unpaired) electrons. The molecule has 1 heterocycles. The van der Waals surface area contributed by atoms with Gasteiger partial charge in [0, 0.05) is 11.2 Å². The number of carbonyl (C=O) groups is 2. The van der Waals surface area contributed by atoms with Crippen LogP contribution in [-0.4, -0.2) is 24.0 Å². The number of esters is 1. The highest BCUT2D eigenvalue weighted by Crippen LogP contribution is 2.19. The molecule has 2 aromatic rings. The lowest BCUT2D eigenvalue weighted by Crippen LogP contribution is -2.16. The third-order valence-electron chi connectivity index (χ3n) is 2.59. The summed E-state index contributed by atoms with van der Waals surface area (Å²) in [5, 5.41) is 2.74. The highest BCUT2D eigenvalue weighted by molar-refractivity contribution is 6.31. The number of anilines is 1. The van der Waals surface area contributed by atoms with Crippen molar-refractivity contribution in [3.63, 3.8) is 0 Å². The lowest BCUT2D eigenvalue weighted by Gasteiger charge is -2.09. The van der Waals surface area contributed by atoms with Gasteiger partial charge in [-0.25, -0.2) is 9.18 Å². The number of nitrogens with one attached hydrogen (secondary N) is 1. The Labute approximate surface area is 124 Å². The van der Waals surface area contributed by atoms with Gasteiger partial charge in [0.15, 0.2) is 0 Å². The summed E-state index contributed by atoms with van der Waals surface area (Å²) in [5.41, 5.74) is 0.0745. The molecule has 0 saturated carbocycles. The van der Waals surface area contributed by atoms with E-state index in [9.17, 15) is 14.0 Å². The lowest BCUT2D eigenvalue weighted by atomic mass is 10.1. The average Bonchev–Trinajstić information content (AvgIpc) is 2.46. The van der Waals surface area contributed by atoms with Crippen molar-refractivity contribution in [1.29, 1.82) is 0 Å². The normalized spacial score (nSPS) is 10.0. The molecule has 0 bridgehead atoms. The molecule has 0 unspecified atom stereocenters. The predicted octanol–water partition coefficient (Wildman–Crippen LogP) is 2.91. The van der Waals surface area contributed by atoms with Crippen LogP contribution in [0.1, 0.15) is 20.8 Å². The maximum absolute atomic E-state index is 13.3. The maximum Gasteiger partial charge on any atom is 0.339 e. The molecule has 1 aromatic heterocycles. The number of methoxy groups -OCH3 is 1. The van der Waals surface area contributed by atoms with Crippen molar-refractivity contribution in [2.45, 2.75) is 0 Å². The Morgan fingerprint density at radius 1 is 1.29 bits per heavy atom. The van der Waals surface area contributed by atoms with Gasteiger partial charge in [0.25, 0.3) is 5.91 Å². The molecule has 0 aliphatic rings. The standard InChI is InChI=1S/C14H10ClFN2O3/c1-21-14(20)10-3-2-9(16)7-11(10)18-13(19)12-6-8(15)4-5-17-12/h2-7H,1H3,(H,18,19). The number of benzene rings is 1. The Morgan fingerprint density at radius 3 is 2.71 bits per heavy atom. The first kappa shape index (κ1) is 14.9. The summed E-state index contributed by atoms with van der Waals surface area (Å²) in [7, 11) is 1.19. The van der Waals surface area contributed by atoms with Crippen molar-refractivity contribution < 1.29 is 18.7 Å². The first-order chi connectivity index (χ1) is 10.0. The second kappa shape index (κ2) is 6.32. The van der Waals surface area contributed by atoms with Crippen LogP contribution in [0.2, 0.25) is 5.02 Å². The van der Waals surface area contributed by atoms with Crippen molar-refractivity contribution in [3.8, 4) is 0 Å². The molecule has 2 rings (SSSR count). The van der Waals surface area contributed by atoms with Crippen LogP contribution in [0, 0.1) is 5.82 Å². The quantitative estimate of drug-likeness (QED) is 0.885. The fraction of sp³-hybridized carbons (Fsp3) is 0.0714. The van der Waals surface area contributed by atoms with Crippen LogP contribution in [0.4, 0.5) is 10.1 Å². The van der Waals surface area contributed by atoms with E-state index in [1.165, 1.54) is 31.5 Å². The van der Waals surface area contributed by atoms with Crippen LogP contribution in [0.15, 0.2) is 36.5 Å². The van der Waals surface area contributed by atoms with E-state index in [1.807, 2.05) is 0 Å². The SMILES string of the molecule is COC(=O)c1ccc(F)cc1NC(=O)c1cc(Cl)ccn1. The van der Waals surface area contributed by atoms with Crippen LogP contribution in [0.25, 0.3) is 0 Å². The number of hydrogen-bond acceptors (Lipinski definition) is 4. The van der Waals surface area contributed by atoms with E-state index < -0.39 is 17.7 Å². The minimum Gasteiger partial charge on any atom is -0.465 e. The van der Waals surface area contributed by atoms with Crippen molar-refractivity contribution >= 4 is 29.2 Å². The second-order valence-corrected chi connectivity index (χ2v) is 4.43. The van der Waals surface area contributed by atoms with Gasteiger partial charge < -0.3 is 10.1 Å². The van der Waals surface area contributed by atoms with Crippen molar-refractivity contribution in [2.24, 2.45) is 0 Å². The summed E-state index contributed by atoms with van der Waals surface area (Å²) in [6, 6.07) is 6.21. The van der Waals surface area contributed by atoms with Crippen molar-refractivity contribution in [2.75, 3.05) is 12.4 Å². The Hall–Kier alpha value is -2.47. The van der Waals surface area contributed by atoms with Gasteiger partial charge in [-0.3, -0.25) is 9.78 Å². The number of aromatic nitrogens is 1. The molecule has 1 amide bonds. The van der Waals surface area contributed by atoms with E-state index >= 15 is 0 Å². The molecule has 108 valence electrons. The van der Waals surface area contributed by atoms with E-state index in [0.29, 0.717) is 5.02 Å². The van der Waals surface area contributed by atoms with Gasteiger partial charge in [-0.05, 0) is 30.3 Å². The third kappa shape index (κ3) is 3.55. The van der Waals surface area contributed by atoms with Crippen LogP contribution < -0.4 is 5.32 Å². The molecule has 0 aliphatic carbocycles. The molecule has 1 aromatic carbocycles. The fourth-order valence-electron chi connectivity index (χ4n) is 1.62. The molecule has 0 atom stereocenters. The third-order valence-corrected chi connectivity index (χ3v) is 2.82. The number of nitrogens with zero attached hydrogens (tertiary/aromatic N) is 1. The number of carbonyl (C=O) groups excluding carboxylic acids is 2. The Morgan fingerprint density at radius 2 is 2.05 bits per heavy atom. The molecule has 0 fully saturated rings. The van der Waals surface area contributed by atoms with Gasteiger partial charge in [-0.15, -0.1) is 0 Å². The zero-order chi connectivity index (χ0) is 15.4. The van der Waals surface area contributed by atoms with Gasteiger partial charge >= 0.3 is 5.97 Å². The minimum absolute atomic E-state index is 0.00590. The predicted molar refractivity (Wildman–Crippen MR) is 74.9 cm³/mol. The van der Waals surface area contributed by atoms with Crippen LogP contribution in [-0.2, 0) is 4.74 Å². The summed E-state index contributed by atoms with van der Waals surface area (Å²) in [6.07, 6.45) is 1.37. The van der Waals surface area contributed by atoms with Gasteiger partial charge in [0.1, 0.15) is 11.5 Å². The summed E-state index contributed by atoms with van der Waals surface area (Å²) in [6.45, 7) is 0. The summed E-state index contributed by atoms with van der Waals surface area (Å²) < 4.78 is 17.9. The fourth-order valence-corrected chi connectivity index (χ4v) is 1.78. The van der Waals surface area contributed by atoms with E-state index in [0.717, 1.165) is 12.1 Å². The lowest BCUT2D eigenvalue weighted by molar-refractivity contribution is 0.0602. The average molecular weight is 309 g/mol. The first-order valence-corrected chi connectivity index (χ1v) is 6.20. The minimum atomic E-state index is -0.690. The zero-order valence-electron chi connectivity index (χ0n) is 10.9. The molecule has 21 heavy (non-hydrogen) atoms. The monoisotopic (exact) mass is 308 g/mol. The van der Waals surface area contributed by atoms with Gasteiger partial charge in [0.05, 0.1) is 18.4 Å². The number of pyridine rings is 1. The highest BCUT2D eigenvalue weighted by atomic mass is 35.5. The molecule has 0 saturated heterocycles. The molecule has 0 aliphatic heterocycles. The van der Waals surface area contributed by atoms with Crippen molar-refractivity contribution in [3.05, 3.63) is 58.6 Å². The van der Waals surface area contributed by atoms with Crippen molar-refractivity contribution in [1.82, 2.24) is 4.98 Å². The molecule has 0 spiro atoms. The van der Waals surface area contributed by atoms with E-state index in [-0.39, 0.29) is 16.9 Å². The smallest absolute Gasteiger partial charge is 0.339 e. The van der Waals surface area contributed by atoms with Gasteiger partial charge in [0.2, 0.25) is 0 Å². The Balaban J connectivity index is 2.32. The van der Waals surface area contributed by atoms with Crippen LogP contribution in [0.5, 0.6) is 0 Å². The summed E-state index contributed by atoms with van der Waals surface area (Å²) >= 11 is 5.77. The molecular weight excluding hydrogens is 299 g/mol. The zero-order valence-corrected chi connectivity index (χ0v) is 11.6. The molecule has 1 N–H and O–H groups in total. The summed E-state index contributed by atoms with van der Waals surface area (Å²) in [5.74, 6) is -1.91. The number of hydrogen-bond donors (Lipinski definition) is 1. The molecule has 5 nitrogen and oxygen atoms in total.